The minimum Gasteiger partial charge on any atom is -0.0683 e. The van der Waals surface area contributed by atoms with Crippen LogP contribution in [0.15, 0.2) is 30.3 Å². The molecule has 18 heavy (non-hydrogen) atoms. The Kier molecular flexibility index (Phi) is 12.1. The zero-order valence-corrected chi connectivity index (χ0v) is 12.9. The summed E-state index contributed by atoms with van der Waals surface area (Å²) >= 11 is 0. The number of hydrogen-bond acceptors (Lipinski definition) is 0. The summed E-state index contributed by atoms with van der Waals surface area (Å²) in [5, 5.41) is 0. The van der Waals surface area contributed by atoms with Crippen molar-refractivity contribution in [1.82, 2.24) is 0 Å². The molecule has 0 fully saturated rings. The Morgan fingerprint density at radius 3 is 2.00 bits per heavy atom. The molecule has 0 amide bonds. The van der Waals surface area contributed by atoms with E-state index in [1.54, 1.807) is 0 Å². The molecule has 0 heterocycles. The van der Waals surface area contributed by atoms with Gasteiger partial charge in [0, 0.05) is 0 Å². The molecule has 104 valence electrons. The summed E-state index contributed by atoms with van der Waals surface area (Å²) in [4.78, 5) is 0. The predicted molar refractivity (Wildman–Crippen MR) is 84.2 cm³/mol. The molecule has 1 atom stereocenters. The van der Waals surface area contributed by atoms with Crippen LogP contribution in [0, 0.1) is 0 Å². The second-order valence-electron chi connectivity index (χ2n) is 4.87. The van der Waals surface area contributed by atoms with Gasteiger partial charge in [0.15, 0.2) is 0 Å². The smallest absolute Gasteiger partial charge is 0.0190 e. The first-order valence-electron chi connectivity index (χ1n) is 7.89. The van der Waals surface area contributed by atoms with E-state index in [-0.39, 0.29) is 0 Å². The minimum atomic E-state index is 0.729. The van der Waals surface area contributed by atoms with Gasteiger partial charge in [-0.2, -0.15) is 0 Å². The maximum Gasteiger partial charge on any atom is -0.0190 e. The largest absolute Gasteiger partial charge is 0.0683 e. The first-order chi connectivity index (χ1) is 8.84. The van der Waals surface area contributed by atoms with E-state index in [1.807, 2.05) is 13.8 Å². The van der Waals surface area contributed by atoms with Gasteiger partial charge < -0.3 is 0 Å². The molecule has 0 saturated heterocycles. The molecule has 0 nitrogen and oxygen atoms in total. The van der Waals surface area contributed by atoms with Crippen LogP contribution in [0.25, 0.3) is 0 Å². The van der Waals surface area contributed by atoms with Crippen molar-refractivity contribution in [2.45, 2.75) is 78.6 Å². The van der Waals surface area contributed by atoms with Crippen LogP contribution >= 0.6 is 0 Å². The molecule has 0 N–H and O–H groups in total. The Hall–Kier alpha value is -0.780. The summed E-state index contributed by atoms with van der Waals surface area (Å²) in [5.41, 5.74) is 1.50. The highest BCUT2D eigenvalue weighted by atomic mass is 14.1. The lowest BCUT2D eigenvalue weighted by molar-refractivity contribution is 0.557. The zero-order valence-electron chi connectivity index (χ0n) is 12.9. The highest BCUT2D eigenvalue weighted by molar-refractivity contribution is 5.18. The summed E-state index contributed by atoms with van der Waals surface area (Å²) in [7, 11) is 0. The third kappa shape index (κ3) is 8.33. The second-order valence-corrected chi connectivity index (χ2v) is 4.87. The van der Waals surface area contributed by atoms with Crippen LogP contribution in [0.2, 0.25) is 0 Å². The number of unbranched alkanes of at least 4 members (excludes halogenated alkanes) is 5. The topological polar surface area (TPSA) is 0 Å². The average molecular weight is 248 g/mol. The fourth-order valence-corrected chi connectivity index (χ4v) is 2.18. The van der Waals surface area contributed by atoms with E-state index in [4.69, 9.17) is 0 Å². The second kappa shape index (κ2) is 12.7. The monoisotopic (exact) mass is 248 g/mol. The highest BCUT2D eigenvalue weighted by Gasteiger charge is 2.03. The molecule has 1 aromatic rings. The molecule has 1 aromatic carbocycles. The molecule has 1 unspecified atom stereocenters. The number of hydrogen-bond donors (Lipinski definition) is 0. The molecule has 0 heteroatoms. The van der Waals surface area contributed by atoms with Gasteiger partial charge in [-0.05, 0) is 17.9 Å². The lowest BCUT2D eigenvalue weighted by Crippen LogP contribution is -1.93. The normalized spacial score (nSPS) is 11.6. The molecule has 0 aliphatic heterocycles. The molecule has 0 saturated carbocycles. The van der Waals surface area contributed by atoms with Crippen molar-refractivity contribution in [3.8, 4) is 0 Å². The minimum absolute atomic E-state index is 0.729. The van der Waals surface area contributed by atoms with Gasteiger partial charge in [0.1, 0.15) is 0 Å². The van der Waals surface area contributed by atoms with Gasteiger partial charge in [-0.3, -0.25) is 0 Å². The van der Waals surface area contributed by atoms with Gasteiger partial charge in [-0.15, -0.1) is 0 Å². The molecular formula is C18H32. The van der Waals surface area contributed by atoms with E-state index in [1.165, 1.54) is 50.5 Å². The Labute approximate surface area is 115 Å². The summed E-state index contributed by atoms with van der Waals surface area (Å²) in [6.07, 6.45) is 9.76. The summed E-state index contributed by atoms with van der Waals surface area (Å²) < 4.78 is 0. The summed E-state index contributed by atoms with van der Waals surface area (Å²) in [6, 6.07) is 10.9. The quantitative estimate of drug-likeness (QED) is 0.456. The zero-order chi connectivity index (χ0) is 13.6. The maximum atomic E-state index is 2.35. The van der Waals surface area contributed by atoms with Crippen LogP contribution in [0.3, 0.4) is 0 Å². The van der Waals surface area contributed by atoms with Crippen LogP contribution in [-0.4, -0.2) is 0 Å². The Morgan fingerprint density at radius 2 is 1.39 bits per heavy atom. The summed E-state index contributed by atoms with van der Waals surface area (Å²) in [6.45, 7) is 8.62. The van der Waals surface area contributed by atoms with E-state index >= 15 is 0 Å². The van der Waals surface area contributed by atoms with Crippen LogP contribution < -0.4 is 0 Å². The van der Waals surface area contributed by atoms with Gasteiger partial charge in [0.2, 0.25) is 0 Å². The molecule has 0 radical (unpaired) electrons. The molecule has 0 aromatic heterocycles. The lowest BCUT2D eigenvalue weighted by Gasteiger charge is -2.11. The van der Waals surface area contributed by atoms with E-state index < -0.39 is 0 Å². The van der Waals surface area contributed by atoms with Crippen molar-refractivity contribution in [2.75, 3.05) is 0 Å². The van der Waals surface area contributed by atoms with Crippen molar-refractivity contribution < 1.29 is 0 Å². The van der Waals surface area contributed by atoms with Crippen LogP contribution in [0.5, 0.6) is 0 Å². The molecule has 0 bridgehead atoms. The fourth-order valence-electron chi connectivity index (χ4n) is 2.18. The van der Waals surface area contributed by atoms with Crippen LogP contribution in [0.1, 0.15) is 84.1 Å². The Bertz CT molecular complexity index is 250. The molecule has 0 aliphatic rings. The van der Waals surface area contributed by atoms with E-state index in [9.17, 15) is 0 Å². The predicted octanol–water partition coefficient (Wildman–Crippen LogP) is 6.57. The van der Waals surface area contributed by atoms with E-state index in [0.29, 0.717) is 0 Å². The lowest BCUT2D eigenvalue weighted by atomic mass is 9.95. The van der Waals surface area contributed by atoms with Crippen molar-refractivity contribution in [1.29, 1.82) is 0 Å². The number of benzene rings is 1. The van der Waals surface area contributed by atoms with Gasteiger partial charge in [-0.1, -0.05) is 96.6 Å². The van der Waals surface area contributed by atoms with Gasteiger partial charge in [-0.25, -0.2) is 0 Å². The summed E-state index contributed by atoms with van der Waals surface area (Å²) in [5.74, 6) is 0.729. The van der Waals surface area contributed by atoms with E-state index in [2.05, 4.69) is 44.2 Å². The third-order valence-corrected chi connectivity index (χ3v) is 3.36. The van der Waals surface area contributed by atoms with E-state index in [0.717, 1.165) is 5.92 Å². The average Bonchev–Trinajstić information content (AvgIpc) is 2.45. The highest BCUT2D eigenvalue weighted by Crippen LogP contribution is 2.21. The van der Waals surface area contributed by atoms with Crippen molar-refractivity contribution in [3.05, 3.63) is 35.9 Å². The molecular weight excluding hydrogens is 216 g/mol. The van der Waals surface area contributed by atoms with Crippen molar-refractivity contribution in [2.24, 2.45) is 0 Å². The van der Waals surface area contributed by atoms with Crippen LogP contribution in [-0.2, 0) is 0 Å². The molecule has 0 spiro atoms. The van der Waals surface area contributed by atoms with Gasteiger partial charge in [0.05, 0.1) is 0 Å². The third-order valence-electron chi connectivity index (χ3n) is 3.36. The Morgan fingerprint density at radius 1 is 0.833 bits per heavy atom. The number of rotatable bonds is 8. The fraction of sp³-hybridized carbons (Fsp3) is 0.667. The first kappa shape index (κ1) is 17.2. The first-order valence-corrected chi connectivity index (χ1v) is 7.89. The van der Waals surface area contributed by atoms with Crippen molar-refractivity contribution in [3.63, 3.8) is 0 Å². The molecule has 0 aliphatic carbocycles. The van der Waals surface area contributed by atoms with Gasteiger partial charge in [0.25, 0.3) is 0 Å². The van der Waals surface area contributed by atoms with Crippen molar-refractivity contribution >= 4 is 0 Å². The van der Waals surface area contributed by atoms with Crippen LogP contribution in [0.4, 0.5) is 0 Å². The maximum absolute atomic E-state index is 2.35. The SMILES string of the molecule is CC.CCCCCCCCC(C)c1ccccc1. The Balaban J connectivity index is 0.00000137. The van der Waals surface area contributed by atoms with Gasteiger partial charge >= 0.3 is 0 Å². The molecule has 1 rings (SSSR count). The standard InChI is InChI=1S/C16H26.C2H6/c1-3-4-5-6-7-9-12-15(2)16-13-10-8-11-14-16;1-2/h8,10-11,13-15H,3-7,9,12H2,1-2H3;1-2H3.